The Morgan fingerprint density at radius 1 is 1.50 bits per heavy atom. The maximum absolute atomic E-state index is 5.74. The number of hydrogen-bond donors (Lipinski definition) is 0. The normalized spacial score (nSPS) is 26.5. The van der Waals surface area contributed by atoms with Crippen molar-refractivity contribution < 1.29 is 0 Å². The number of fused-ring (bicyclic) bond motifs is 1. The van der Waals surface area contributed by atoms with Gasteiger partial charge in [-0.2, -0.15) is 0 Å². The van der Waals surface area contributed by atoms with Gasteiger partial charge in [0.1, 0.15) is 0 Å². The highest BCUT2D eigenvalue weighted by molar-refractivity contribution is 9.12. The Bertz CT molecular complexity index is 328. The Kier molecular flexibility index (Phi) is 2.07. The Hall–Kier alpha value is -0.540. The first-order valence-electron chi connectivity index (χ1n) is 3.45. The first-order chi connectivity index (χ1) is 5.75. The van der Waals surface area contributed by atoms with Crippen LogP contribution in [-0.2, 0) is 0 Å². The van der Waals surface area contributed by atoms with Gasteiger partial charge in [0, 0.05) is 16.4 Å². The van der Waals surface area contributed by atoms with Gasteiger partial charge in [-0.25, -0.2) is 0 Å². The molecule has 4 heteroatoms. The summed E-state index contributed by atoms with van der Waals surface area (Å²) in [5, 5.41) is 4.72. The van der Waals surface area contributed by atoms with E-state index in [1.807, 2.05) is 12.2 Å². The number of rotatable bonds is 0. The molecule has 0 bridgehead atoms. The van der Waals surface area contributed by atoms with Crippen LogP contribution in [0.5, 0.6) is 0 Å². The Labute approximate surface area is 83.8 Å². The van der Waals surface area contributed by atoms with Crippen LogP contribution in [0.3, 0.4) is 0 Å². The molecule has 0 aromatic carbocycles. The van der Waals surface area contributed by atoms with Gasteiger partial charge in [0.05, 0.1) is 0 Å². The third-order valence-corrected chi connectivity index (χ3v) is 2.30. The van der Waals surface area contributed by atoms with Crippen LogP contribution in [-0.4, -0.2) is 12.3 Å². The average Bonchev–Trinajstić information content (AvgIpc) is 2.03. The van der Waals surface area contributed by atoms with E-state index < -0.39 is 0 Å². The van der Waals surface area contributed by atoms with Crippen LogP contribution in [0.25, 0.3) is 5.32 Å². The third kappa shape index (κ3) is 1.47. The Balaban J connectivity index is 2.33. The third-order valence-electron chi connectivity index (χ3n) is 1.61. The van der Waals surface area contributed by atoms with Crippen molar-refractivity contribution in [2.45, 2.75) is 6.04 Å². The molecule has 0 saturated carbocycles. The molecule has 12 heavy (non-hydrogen) atoms. The van der Waals surface area contributed by atoms with E-state index in [0.717, 1.165) is 10.2 Å². The van der Waals surface area contributed by atoms with Gasteiger partial charge in [-0.05, 0) is 22.0 Å². The quantitative estimate of drug-likeness (QED) is 0.586. The zero-order chi connectivity index (χ0) is 8.55. The second kappa shape index (κ2) is 3.07. The van der Waals surface area contributed by atoms with Crippen LogP contribution in [0.4, 0.5) is 0 Å². The summed E-state index contributed by atoms with van der Waals surface area (Å²) in [5.74, 6) is 0. The van der Waals surface area contributed by atoms with Crippen molar-refractivity contribution in [2.75, 3.05) is 0 Å². The number of hydrogen-bond acceptors (Lipinski definition) is 1. The smallest absolute Gasteiger partial charge is 0.0409 e. The number of nitrogens with zero attached hydrogens (tertiary/aromatic N) is 2. The van der Waals surface area contributed by atoms with Crippen molar-refractivity contribution in [3.63, 3.8) is 0 Å². The minimum absolute atomic E-state index is 0.0122. The molecule has 0 amide bonds. The lowest BCUT2D eigenvalue weighted by Gasteiger charge is -2.34. The monoisotopic (exact) mass is 243 g/mol. The summed E-state index contributed by atoms with van der Waals surface area (Å²) in [6, 6.07) is -0.0122. The van der Waals surface area contributed by atoms with E-state index in [2.05, 4.69) is 26.2 Å². The van der Waals surface area contributed by atoms with E-state index in [9.17, 15) is 0 Å². The highest BCUT2D eigenvalue weighted by Gasteiger charge is 2.08. The van der Waals surface area contributed by atoms with Gasteiger partial charge < -0.3 is 5.32 Å². The lowest BCUT2D eigenvalue weighted by Crippen LogP contribution is -2.11. The van der Waals surface area contributed by atoms with Gasteiger partial charge in [-0.15, -0.1) is 11.6 Å². The maximum atomic E-state index is 5.74. The van der Waals surface area contributed by atoms with E-state index in [0.29, 0.717) is 5.16 Å². The molecule has 0 aliphatic carbocycles. The summed E-state index contributed by atoms with van der Waals surface area (Å²) >= 11 is 9.07. The fraction of sp³-hybridized carbons (Fsp3) is 0.125. The molecule has 2 rings (SSSR count). The SMILES string of the molecule is ClC1=CC=C2N=CC(Br)=CC2[N-]1. The van der Waals surface area contributed by atoms with Crippen molar-refractivity contribution in [3.05, 3.63) is 38.9 Å². The summed E-state index contributed by atoms with van der Waals surface area (Å²) in [7, 11) is 0. The maximum Gasteiger partial charge on any atom is 0.0409 e. The Morgan fingerprint density at radius 2 is 2.33 bits per heavy atom. The molecule has 0 saturated heterocycles. The van der Waals surface area contributed by atoms with E-state index in [4.69, 9.17) is 11.6 Å². The lowest BCUT2D eigenvalue weighted by molar-refractivity contribution is 1.01. The Morgan fingerprint density at radius 3 is 3.17 bits per heavy atom. The zero-order valence-electron chi connectivity index (χ0n) is 6.04. The predicted molar refractivity (Wildman–Crippen MR) is 54.7 cm³/mol. The number of allylic oxidation sites excluding steroid dienone is 3. The second-order valence-electron chi connectivity index (χ2n) is 2.46. The first kappa shape index (κ1) is 8.08. The second-order valence-corrected chi connectivity index (χ2v) is 3.77. The molecule has 0 fully saturated rings. The van der Waals surface area contributed by atoms with Gasteiger partial charge in [0.2, 0.25) is 0 Å². The lowest BCUT2D eigenvalue weighted by atomic mass is 10.1. The van der Waals surface area contributed by atoms with Crippen LogP contribution in [0.1, 0.15) is 0 Å². The number of halogens is 2. The van der Waals surface area contributed by atoms with E-state index in [-0.39, 0.29) is 6.04 Å². The van der Waals surface area contributed by atoms with Crippen molar-refractivity contribution in [2.24, 2.45) is 4.99 Å². The molecule has 62 valence electrons. The fourth-order valence-corrected chi connectivity index (χ4v) is 1.59. The number of dihydropyridines is 1. The fourth-order valence-electron chi connectivity index (χ4n) is 1.07. The molecule has 0 spiro atoms. The standard InChI is InChI=1S/C8H5BrClN2/c9-5-3-7-6(11-4-5)1-2-8(10)12-7/h1-4,7H/q-1. The molecular weight excluding hydrogens is 239 g/mol. The molecule has 0 N–H and O–H groups in total. The van der Waals surface area contributed by atoms with Crippen LogP contribution >= 0.6 is 27.5 Å². The van der Waals surface area contributed by atoms with Gasteiger partial charge >= 0.3 is 0 Å². The highest BCUT2D eigenvalue weighted by Crippen LogP contribution is 2.30. The molecule has 0 aromatic rings. The predicted octanol–water partition coefficient (Wildman–Crippen LogP) is 3.07. The summed E-state index contributed by atoms with van der Waals surface area (Å²) in [4.78, 5) is 4.19. The van der Waals surface area contributed by atoms with Crippen molar-refractivity contribution in [1.29, 1.82) is 0 Å². The molecule has 2 nitrogen and oxygen atoms in total. The van der Waals surface area contributed by atoms with E-state index in [1.54, 1.807) is 12.3 Å². The van der Waals surface area contributed by atoms with Crippen molar-refractivity contribution >= 4 is 33.7 Å². The topological polar surface area (TPSA) is 26.5 Å². The van der Waals surface area contributed by atoms with Gasteiger partial charge in [0.15, 0.2) is 0 Å². The molecule has 2 heterocycles. The molecule has 1 unspecified atom stereocenters. The van der Waals surface area contributed by atoms with E-state index in [1.165, 1.54) is 0 Å². The molecule has 2 aliphatic rings. The van der Waals surface area contributed by atoms with Crippen LogP contribution < -0.4 is 0 Å². The van der Waals surface area contributed by atoms with Gasteiger partial charge in [0.25, 0.3) is 0 Å². The molecule has 2 aliphatic heterocycles. The first-order valence-corrected chi connectivity index (χ1v) is 4.62. The van der Waals surface area contributed by atoms with Gasteiger partial charge in [-0.1, -0.05) is 23.4 Å². The number of aliphatic imine (C=N–C) groups is 1. The summed E-state index contributed by atoms with van der Waals surface area (Å²) in [6.07, 6.45) is 7.35. The van der Waals surface area contributed by atoms with Crippen molar-refractivity contribution in [1.82, 2.24) is 0 Å². The summed E-state index contributed by atoms with van der Waals surface area (Å²) in [5.41, 5.74) is 0.933. The van der Waals surface area contributed by atoms with Crippen LogP contribution in [0.15, 0.2) is 38.6 Å². The zero-order valence-corrected chi connectivity index (χ0v) is 8.38. The highest BCUT2D eigenvalue weighted by atomic mass is 79.9. The van der Waals surface area contributed by atoms with Crippen molar-refractivity contribution in [3.8, 4) is 0 Å². The minimum Gasteiger partial charge on any atom is -0.664 e. The van der Waals surface area contributed by atoms with E-state index >= 15 is 0 Å². The average molecular weight is 244 g/mol. The molecular formula is C8H5BrClN2-. The molecule has 0 radical (unpaired) electrons. The minimum atomic E-state index is -0.0122. The van der Waals surface area contributed by atoms with Crippen LogP contribution in [0.2, 0.25) is 0 Å². The molecule has 0 aromatic heterocycles. The molecule has 1 atom stereocenters. The summed E-state index contributed by atoms with van der Waals surface area (Å²) in [6.45, 7) is 0. The summed E-state index contributed by atoms with van der Waals surface area (Å²) < 4.78 is 0.944. The van der Waals surface area contributed by atoms with Gasteiger partial charge in [-0.3, -0.25) is 4.99 Å². The largest absolute Gasteiger partial charge is 0.664 e. The van der Waals surface area contributed by atoms with Crippen LogP contribution in [0, 0.1) is 0 Å².